The summed E-state index contributed by atoms with van der Waals surface area (Å²) in [5.74, 6) is 0.170. The van der Waals surface area contributed by atoms with Crippen molar-refractivity contribution < 1.29 is 10.2 Å². The number of nitrogens with zero attached hydrogens (tertiary/aromatic N) is 4. The molecule has 3 rings (SSSR count). The highest BCUT2D eigenvalue weighted by Crippen LogP contribution is 2.26. The van der Waals surface area contributed by atoms with Crippen molar-refractivity contribution in [2.45, 2.75) is 13.5 Å². The van der Waals surface area contributed by atoms with Gasteiger partial charge in [-0.1, -0.05) is 11.6 Å². The van der Waals surface area contributed by atoms with Gasteiger partial charge in [-0.05, 0) is 24.6 Å². The predicted octanol–water partition coefficient (Wildman–Crippen LogP) is 0.255. The van der Waals surface area contributed by atoms with Gasteiger partial charge in [0.25, 0.3) is 5.56 Å². The average molecular weight is 430 g/mol. The second-order valence-corrected chi connectivity index (χ2v) is 6.59. The molecule has 0 unspecified atom stereocenters. The highest BCUT2D eigenvalue weighted by molar-refractivity contribution is 6.32. The Labute approximate surface area is 171 Å². The molecule has 0 bridgehead atoms. The molecule has 0 aromatic heterocycles. The second kappa shape index (κ2) is 9.44. The first kappa shape index (κ1) is 22.3. The average Bonchev–Trinajstić information content (AvgIpc) is 2.61. The van der Waals surface area contributed by atoms with Crippen LogP contribution < -0.4 is 11.2 Å². The summed E-state index contributed by atoms with van der Waals surface area (Å²) in [6, 6.07) is 3.51. The van der Waals surface area contributed by atoms with E-state index in [1.165, 1.54) is 0 Å². The van der Waals surface area contributed by atoms with Crippen molar-refractivity contribution in [3.63, 3.8) is 0 Å². The molecule has 0 radical (unpaired) electrons. The molecule has 2 aliphatic heterocycles. The molecular weight excluding hydrogens is 409 g/mol. The smallest absolute Gasteiger partial charge is 0.349 e. The Morgan fingerprint density at radius 2 is 1.82 bits per heavy atom. The van der Waals surface area contributed by atoms with Crippen LogP contribution >= 0.6 is 24.0 Å². The molecule has 11 heteroatoms. The van der Waals surface area contributed by atoms with Gasteiger partial charge in [-0.15, -0.1) is 12.4 Å². The van der Waals surface area contributed by atoms with Gasteiger partial charge >= 0.3 is 5.69 Å². The number of aromatic nitrogens is 4. The maximum Gasteiger partial charge on any atom is 0.349 e. The summed E-state index contributed by atoms with van der Waals surface area (Å²) >= 11 is 6.27. The number of benzene rings is 1. The number of aliphatic hydroxyl groups excluding tert-OH is 2. The maximum atomic E-state index is 12.2. The van der Waals surface area contributed by atoms with Gasteiger partial charge < -0.3 is 14.8 Å². The molecule has 0 spiro atoms. The molecule has 152 valence electrons. The van der Waals surface area contributed by atoms with Gasteiger partial charge in [0.1, 0.15) is 0 Å². The minimum Gasteiger partial charge on any atom is -0.395 e. The van der Waals surface area contributed by atoms with Crippen molar-refractivity contribution in [3.05, 3.63) is 43.6 Å². The zero-order valence-electron chi connectivity index (χ0n) is 15.2. The van der Waals surface area contributed by atoms with Crippen LogP contribution in [-0.2, 0) is 6.54 Å². The number of H-pyrrole nitrogens is 1. The Hall–Kier alpha value is -2.04. The molecule has 0 fully saturated rings. The van der Waals surface area contributed by atoms with Gasteiger partial charge in [-0.2, -0.15) is 4.98 Å². The third kappa shape index (κ3) is 4.50. The van der Waals surface area contributed by atoms with Crippen molar-refractivity contribution >= 4 is 35.0 Å². The Morgan fingerprint density at radius 1 is 1.14 bits per heavy atom. The number of rotatable bonds is 7. The lowest BCUT2D eigenvalue weighted by molar-refractivity contribution is 0.158. The molecule has 3 N–H and O–H groups in total. The normalized spacial score (nSPS) is 11.3. The summed E-state index contributed by atoms with van der Waals surface area (Å²) in [7, 11) is 0. The first-order chi connectivity index (χ1) is 12.9. The van der Waals surface area contributed by atoms with Crippen LogP contribution in [-0.4, -0.2) is 67.5 Å². The molecule has 2 aliphatic rings. The van der Waals surface area contributed by atoms with Crippen molar-refractivity contribution in [3.8, 4) is 11.5 Å². The van der Waals surface area contributed by atoms with Crippen LogP contribution in [0, 0.1) is 6.92 Å². The van der Waals surface area contributed by atoms with Crippen LogP contribution in [0.25, 0.3) is 22.6 Å². The standard InChI is InChI=1S/C17H20ClN5O4.ClH/c1-10-8-12-13(9-11(10)18)23(3-2-22(4-6-24)5-7-25)15-14(19-12)16(26)21-17(27)20-15;/h8-9,24-25H,2-7H2,1H3,(H,21,26,27);1H. The van der Waals surface area contributed by atoms with E-state index in [1.54, 1.807) is 16.7 Å². The maximum absolute atomic E-state index is 12.2. The van der Waals surface area contributed by atoms with Crippen molar-refractivity contribution in [1.29, 1.82) is 0 Å². The van der Waals surface area contributed by atoms with Crippen LogP contribution in [0.2, 0.25) is 5.02 Å². The highest BCUT2D eigenvalue weighted by atomic mass is 35.5. The fourth-order valence-electron chi connectivity index (χ4n) is 3.01. The number of aryl methyl sites for hydroxylation is 1. The first-order valence-electron chi connectivity index (χ1n) is 8.49. The quantitative estimate of drug-likeness (QED) is 0.459. The molecule has 0 atom stereocenters. The third-order valence-corrected chi connectivity index (χ3v) is 4.77. The number of halogens is 2. The predicted molar refractivity (Wildman–Crippen MR) is 109 cm³/mol. The molecule has 0 aliphatic carbocycles. The number of hydrogen-bond acceptors (Lipinski definition) is 7. The molecule has 28 heavy (non-hydrogen) atoms. The zero-order valence-corrected chi connectivity index (χ0v) is 16.8. The fraction of sp³-hybridized carbons (Fsp3) is 0.412. The molecule has 0 saturated carbocycles. The van der Waals surface area contributed by atoms with E-state index in [1.807, 2.05) is 11.8 Å². The Kier molecular flexibility index (Phi) is 7.50. The number of aliphatic hydroxyl groups is 2. The van der Waals surface area contributed by atoms with Gasteiger partial charge in [0, 0.05) is 31.2 Å². The van der Waals surface area contributed by atoms with E-state index < -0.39 is 11.2 Å². The second-order valence-electron chi connectivity index (χ2n) is 6.19. The summed E-state index contributed by atoms with van der Waals surface area (Å²) in [6.45, 7) is 3.36. The minimum absolute atomic E-state index is 0. The number of fused-ring (bicyclic) bond motifs is 2. The van der Waals surface area contributed by atoms with Crippen LogP contribution in [0.4, 0.5) is 0 Å². The summed E-state index contributed by atoms with van der Waals surface area (Å²) in [4.78, 5) is 36.3. The van der Waals surface area contributed by atoms with Gasteiger partial charge in [0.05, 0.1) is 24.2 Å². The van der Waals surface area contributed by atoms with E-state index in [9.17, 15) is 19.8 Å². The van der Waals surface area contributed by atoms with E-state index in [4.69, 9.17) is 11.6 Å². The summed E-state index contributed by atoms with van der Waals surface area (Å²) in [5, 5.41) is 18.9. The van der Waals surface area contributed by atoms with Crippen molar-refractivity contribution in [2.75, 3.05) is 32.8 Å². The summed E-state index contributed by atoms with van der Waals surface area (Å²) in [5.41, 5.74) is 0.739. The van der Waals surface area contributed by atoms with E-state index >= 15 is 0 Å². The summed E-state index contributed by atoms with van der Waals surface area (Å²) < 4.78 is 1.72. The van der Waals surface area contributed by atoms with Gasteiger partial charge in [-0.3, -0.25) is 14.7 Å². The number of aromatic amines is 1. The van der Waals surface area contributed by atoms with Crippen molar-refractivity contribution in [1.82, 2.24) is 24.4 Å². The summed E-state index contributed by atoms with van der Waals surface area (Å²) in [6.07, 6.45) is 0. The molecule has 0 amide bonds. The van der Waals surface area contributed by atoms with E-state index in [-0.39, 0.29) is 37.1 Å². The molecule has 1 aromatic rings. The Morgan fingerprint density at radius 3 is 2.46 bits per heavy atom. The number of nitrogens with one attached hydrogen (secondary N) is 1. The van der Waals surface area contributed by atoms with Gasteiger partial charge in [0.2, 0.25) is 0 Å². The lowest BCUT2D eigenvalue weighted by Gasteiger charge is -2.23. The molecule has 1 aromatic carbocycles. The van der Waals surface area contributed by atoms with Crippen molar-refractivity contribution in [2.24, 2.45) is 0 Å². The number of hydrogen-bond donors (Lipinski definition) is 3. The Balaban J connectivity index is 0.00000280. The third-order valence-electron chi connectivity index (χ3n) is 4.36. The fourth-order valence-corrected chi connectivity index (χ4v) is 3.16. The zero-order chi connectivity index (χ0) is 19.6. The minimum atomic E-state index is -0.747. The SMILES string of the molecule is Cc1cc2nc3c(=O)[nH]c(=O)nc-3n(CCN(CCO)CCO)c2cc1Cl.Cl. The van der Waals surface area contributed by atoms with Crippen LogP contribution in [0.3, 0.4) is 0 Å². The topological polar surface area (TPSA) is 124 Å². The van der Waals surface area contributed by atoms with E-state index in [2.05, 4.69) is 15.0 Å². The van der Waals surface area contributed by atoms with E-state index in [0.29, 0.717) is 42.2 Å². The monoisotopic (exact) mass is 429 g/mol. The lowest BCUT2D eigenvalue weighted by atomic mass is 10.2. The molecule has 9 nitrogen and oxygen atoms in total. The van der Waals surface area contributed by atoms with Crippen LogP contribution in [0.5, 0.6) is 0 Å². The molecular formula is C17H21Cl2N5O4. The van der Waals surface area contributed by atoms with Crippen LogP contribution in [0.15, 0.2) is 21.7 Å². The Bertz CT molecular complexity index is 1050. The largest absolute Gasteiger partial charge is 0.395 e. The van der Waals surface area contributed by atoms with Crippen LogP contribution in [0.1, 0.15) is 5.56 Å². The highest BCUT2D eigenvalue weighted by Gasteiger charge is 2.19. The van der Waals surface area contributed by atoms with E-state index in [0.717, 1.165) is 5.56 Å². The molecule has 0 saturated heterocycles. The van der Waals surface area contributed by atoms with Gasteiger partial charge in [0.15, 0.2) is 11.5 Å². The van der Waals surface area contributed by atoms with Gasteiger partial charge in [-0.25, -0.2) is 9.78 Å². The molecule has 2 heterocycles. The lowest BCUT2D eigenvalue weighted by Crippen LogP contribution is -2.34. The first-order valence-corrected chi connectivity index (χ1v) is 8.87.